The van der Waals surface area contributed by atoms with Crippen molar-refractivity contribution in [2.24, 2.45) is 0 Å². The van der Waals surface area contributed by atoms with Crippen LogP contribution in [0.15, 0.2) is 54.8 Å². The fourth-order valence-electron chi connectivity index (χ4n) is 1.66. The van der Waals surface area contributed by atoms with E-state index in [1.54, 1.807) is 13.4 Å². The summed E-state index contributed by atoms with van der Waals surface area (Å²) in [7, 11) is 1.65. The van der Waals surface area contributed by atoms with Gasteiger partial charge in [0.05, 0.1) is 13.4 Å². The maximum Gasteiger partial charge on any atom is 0.130 e. The van der Waals surface area contributed by atoms with Crippen molar-refractivity contribution in [2.75, 3.05) is 7.11 Å². The minimum absolute atomic E-state index is 0.777. The molecule has 0 amide bonds. The molecule has 0 heterocycles. The van der Waals surface area contributed by atoms with Crippen LogP contribution in [0.1, 0.15) is 11.1 Å². The monoisotopic (exact) mass is 240 g/mol. The number of rotatable bonds is 4. The number of hydrogen-bond acceptors (Lipinski definition) is 2. The van der Waals surface area contributed by atoms with Crippen LogP contribution in [0.5, 0.6) is 11.5 Å². The van der Waals surface area contributed by atoms with Crippen LogP contribution in [0.4, 0.5) is 0 Å². The Labute approximate surface area is 107 Å². The molecule has 2 aromatic rings. The van der Waals surface area contributed by atoms with Crippen LogP contribution in [0.3, 0.4) is 0 Å². The fourth-order valence-corrected chi connectivity index (χ4v) is 1.66. The Balaban J connectivity index is 2.06. The first-order chi connectivity index (χ1) is 8.78. The zero-order valence-corrected chi connectivity index (χ0v) is 10.6. The Bertz CT molecular complexity index is 530. The highest BCUT2D eigenvalue weighted by atomic mass is 16.5. The Morgan fingerprint density at radius 3 is 2.39 bits per heavy atom. The molecule has 2 nitrogen and oxygen atoms in total. The summed E-state index contributed by atoms with van der Waals surface area (Å²) in [6, 6.07) is 15.8. The Hall–Kier alpha value is -2.22. The molecule has 2 heteroatoms. The van der Waals surface area contributed by atoms with Crippen LogP contribution in [0.2, 0.25) is 0 Å². The van der Waals surface area contributed by atoms with Crippen LogP contribution >= 0.6 is 0 Å². The molecule has 0 aliphatic rings. The minimum Gasteiger partial charge on any atom is -0.497 e. The number of methoxy groups -OCH3 is 1. The van der Waals surface area contributed by atoms with E-state index in [0.717, 1.165) is 22.6 Å². The third kappa shape index (κ3) is 3.39. The lowest BCUT2D eigenvalue weighted by atomic mass is 10.2. The first kappa shape index (κ1) is 12.2. The molecule has 0 atom stereocenters. The Kier molecular flexibility index (Phi) is 4.02. The number of aryl methyl sites for hydroxylation is 1. The second kappa shape index (κ2) is 5.92. The molecule has 0 aliphatic heterocycles. The highest BCUT2D eigenvalue weighted by Gasteiger charge is 1.98. The first-order valence-corrected chi connectivity index (χ1v) is 5.82. The summed E-state index contributed by atoms with van der Waals surface area (Å²) in [5.41, 5.74) is 2.22. The standard InChI is InChI=1S/C16H16O2/c1-13-10-15(17-2)12-16(11-13)18-9-8-14-6-4-3-5-7-14/h3-12H,1-2H3/b9-8+. The van der Waals surface area contributed by atoms with E-state index in [1.165, 1.54) is 0 Å². The predicted molar refractivity (Wildman–Crippen MR) is 73.8 cm³/mol. The molecule has 2 rings (SSSR count). The molecule has 0 unspecified atom stereocenters. The maximum atomic E-state index is 5.57. The van der Waals surface area contributed by atoms with Gasteiger partial charge in [-0.2, -0.15) is 0 Å². The van der Waals surface area contributed by atoms with Crippen molar-refractivity contribution in [3.8, 4) is 11.5 Å². The van der Waals surface area contributed by atoms with Gasteiger partial charge in [-0.05, 0) is 36.3 Å². The maximum absolute atomic E-state index is 5.57. The van der Waals surface area contributed by atoms with E-state index in [9.17, 15) is 0 Å². The third-order valence-electron chi connectivity index (χ3n) is 2.52. The summed E-state index contributed by atoms with van der Waals surface area (Å²) in [6.07, 6.45) is 3.61. The smallest absolute Gasteiger partial charge is 0.130 e. The van der Waals surface area contributed by atoms with Crippen molar-refractivity contribution in [3.05, 3.63) is 65.9 Å². The Morgan fingerprint density at radius 2 is 1.67 bits per heavy atom. The minimum atomic E-state index is 0.777. The van der Waals surface area contributed by atoms with Crippen molar-refractivity contribution in [1.29, 1.82) is 0 Å². The molecule has 0 fully saturated rings. The van der Waals surface area contributed by atoms with E-state index in [0.29, 0.717) is 0 Å². The van der Waals surface area contributed by atoms with E-state index >= 15 is 0 Å². The van der Waals surface area contributed by atoms with E-state index < -0.39 is 0 Å². The van der Waals surface area contributed by atoms with Gasteiger partial charge in [-0.15, -0.1) is 0 Å². The van der Waals surface area contributed by atoms with Crippen LogP contribution in [-0.2, 0) is 0 Å². The van der Waals surface area contributed by atoms with Crippen molar-refractivity contribution < 1.29 is 9.47 Å². The van der Waals surface area contributed by atoms with Gasteiger partial charge in [0.2, 0.25) is 0 Å². The molecule has 0 N–H and O–H groups in total. The molecule has 0 saturated heterocycles. The van der Waals surface area contributed by atoms with E-state index in [2.05, 4.69) is 0 Å². The molecule has 18 heavy (non-hydrogen) atoms. The zero-order chi connectivity index (χ0) is 12.8. The largest absolute Gasteiger partial charge is 0.497 e. The summed E-state index contributed by atoms with van der Waals surface area (Å²) >= 11 is 0. The Morgan fingerprint density at radius 1 is 0.944 bits per heavy atom. The van der Waals surface area contributed by atoms with Crippen LogP contribution in [0, 0.1) is 6.92 Å². The average molecular weight is 240 g/mol. The van der Waals surface area contributed by atoms with Crippen molar-refractivity contribution >= 4 is 6.08 Å². The molecule has 2 aromatic carbocycles. The number of ether oxygens (including phenoxy) is 2. The van der Waals surface area contributed by atoms with E-state index in [-0.39, 0.29) is 0 Å². The van der Waals surface area contributed by atoms with Gasteiger partial charge in [0.25, 0.3) is 0 Å². The average Bonchev–Trinajstić information content (AvgIpc) is 2.39. The molecule has 0 radical (unpaired) electrons. The normalized spacial score (nSPS) is 10.6. The van der Waals surface area contributed by atoms with Crippen LogP contribution < -0.4 is 9.47 Å². The third-order valence-corrected chi connectivity index (χ3v) is 2.52. The zero-order valence-electron chi connectivity index (χ0n) is 10.6. The summed E-state index contributed by atoms with van der Waals surface area (Å²) in [5, 5.41) is 0. The molecule has 0 aliphatic carbocycles. The lowest BCUT2D eigenvalue weighted by Crippen LogP contribution is -1.87. The van der Waals surface area contributed by atoms with Crippen LogP contribution in [0.25, 0.3) is 6.08 Å². The topological polar surface area (TPSA) is 18.5 Å². The second-order valence-corrected chi connectivity index (χ2v) is 4.02. The number of benzene rings is 2. The molecule has 0 spiro atoms. The second-order valence-electron chi connectivity index (χ2n) is 4.02. The van der Waals surface area contributed by atoms with Gasteiger partial charge >= 0.3 is 0 Å². The summed E-state index contributed by atoms with van der Waals surface area (Å²) in [4.78, 5) is 0. The van der Waals surface area contributed by atoms with Gasteiger partial charge in [0, 0.05) is 6.07 Å². The SMILES string of the molecule is COc1cc(C)cc(O/C=C/c2ccccc2)c1. The van der Waals surface area contributed by atoms with Crippen molar-refractivity contribution in [2.45, 2.75) is 6.92 Å². The highest BCUT2D eigenvalue weighted by molar-refractivity contribution is 5.48. The highest BCUT2D eigenvalue weighted by Crippen LogP contribution is 2.22. The first-order valence-electron chi connectivity index (χ1n) is 5.82. The van der Waals surface area contributed by atoms with Crippen LogP contribution in [-0.4, -0.2) is 7.11 Å². The van der Waals surface area contributed by atoms with Gasteiger partial charge in [-0.25, -0.2) is 0 Å². The van der Waals surface area contributed by atoms with E-state index in [1.807, 2.05) is 61.5 Å². The molecule has 0 bridgehead atoms. The molecular formula is C16H16O2. The summed E-state index contributed by atoms with van der Waals surface area (Å²) in [5.74, 6) is 1.58. The lowest BCUT2D eigenvalue weighted by molar-refractivity contribution is 0.408. The fraction of sp³-hybridized carbons (Fsp3) is 0.125. The van der Waals surface area contributed by atoms with Gasteiger partial charge in [0.1, 0.15) is 11.5 Å². The molecule has 0 saturated carbocycles. The quantitative estimate of drug-likeness (QED) is 0.750. The molecule has 0 aromatic heterocycles. The van der Waals surface area contributed by atoms with Crippen molar-refractivity contribution in [1.82, 2.24) is 0 Å². The summed E-state index contributed by atoms with van der Waals surface area (Å²) < 4.78 is 10.8. The summed E-state index contributed by atoms with van der Waals surface area (Å²) in [6.45, 7) is 2.01. The molecule has 92 valence electrons. The van der Waals surface area contributed by atoms with Crippen molar-refractivity contribution in [3.63, 3.8) is 0 Å². The van der Waals surface area contributed by atoms with Gasteiger partial charge in [-0.1, -0.05) is 30.3 Å². The van der Waals surface area contributed by atoms with Gasteiger partial charge < -0.3 is 9.47 Å². The molecular weight excluding hydrogens is 224 g/mol. The number of hydrogen-bond donors (Lipinski definition) is 0. The lowest BCUT2D eigenvalue weighted by Gasteiger charge is -2.05. The predicted octanol–water partition coefficient (Wildman–Crippen LogP) is 4.05. The van der Waals surface area contributed by atoms with Gasteiger partial charge in [-0.3, -0.25) is 0 Å². The van der Waals surface area contributed by atoms with Gasteiger partial charge in [0.15, 0.2) is 0 Å². The van der Waals surface area contributed by atoms with E-state index in [4.69, 9.17) is 9.47 Å².